The molecule has 2 atom stereocenters. The van der Waals surface area contributed by atoms with Gasteiger partial charge in [0, 0.05) is 12.5 Å². The Hall–Kier alpha value is -2.77. The fourth-order valence-corrected chi connectivity index (χ4v) is 3.21. The lowest BCUT2D eigenvalue weighted by atomic mass is 10.2. The summed E-state index contributed by atoms with van der Waals surface area (Å²) in [7, 11) is 0. The highest BCUT2D eigenvalue weighted by Gasteiger charge is 2.52. The smallest absolute Gasteiger partial charge is 0.309 e. The number of aromatic nitrogens is 2. The summed E-state index contributed by atoms with van der Waals surface area (Å²) in [6.45, 7) is 0.230. The number of carbonyl (C=O) groups is 2. The van der Waals surface area contributed by atoms with E-state index in [9.17, 15) is 18.4 Å². The van der Waals surface area contributed by atoms with Crippen LogP contribution in [0.25, 0.3) is 0 Å². The zero-order valence-electron chi connectivity index (χ0n) is 12.6. The summed E-state index contributed by atoms with van der Waals surface area (Å²) in [6.07, 6.45) is 0.364. The lowest BCUT2D eigenvalue weighted by molar-refractivity contribution is -0.119. The standard InChI is InChI=1S/C16H14F2N4O2/c17-11-3-1-10(2-4-11)8-21-14(5-6-19-21)22-15(23)13-7-12(18)9-20(13)16(22)24/h1-6,12-13H,7-9H2/t12-,13-/m0/s1. The predicted octanol–water partition coefficient (Wildman–Crippen LogP) is 1.95. The second kappa shape index (κ2) is 5.40. The molecule has 8 heteroatoms. The zero-order chi connectivity index (χ0) is 16.8. The first-order chi connectivity index (χ1) is 11.5. The average Bonchev–Trinajstić information content (AvgIpc) is 3.21. The largest absolute Gasteiger partial charge is 0.333 e. The van der Waals surface area contributed by atoms with Crippen molar-refractivity contribution in [3.63, 3.8) is 0 Å². The highest BCUT2D eigenvalue weighted by molar-refractivity contribution is 6.21. The van der Waals surface area contributed by atoms with Gasteiger partial charge >= 0.3 is 6.03 Å². The van der Waals surface area contributed by atoms with E-state index >= 15 is 0 Å². The Labute approximate surface area is 136 Å². The van der Waals surface area contributed by atoms with Gasteiger partial charge in [-0.15, -0.1) is 0 Å². The maximum atomic E-state index is 13.4. The van der Waals surface area contributed by atoms with Crippen LogP contribution in [-0.2, 0) is 11.3 Å². The van der Waals surface area contributed by atoms with E-state index in [0.29, 0.717) is 5.82 Å². The number of nitrogens with zero attached hydrogens (tertiary/aromatic N) is 4. The Morgan fingerprint density at radius 2 is 1.92 bits per heavy atom. The maximum absolute atomic E-state index is 13.4. The lowest BCUT2D eigenvalue weighted by Gasteiger charge is -2.17. The Bertz CT molecular complexity index is 781. The topological polar surface area (TPSA) is 58.4 Å². The summed E-state index contributed by atoms with van der Waals surface area (Å²) in [6, 6.07) is 6.20. The van der Waals surface area contributed by atoms with Gasteiger partial charge in [-0.05, 0) is 17.7 Å². The van der Waals surface area contributed by atoms with Crippen LogP contribution >= 0.6 is 0 Å². The van der Waals surface area contributed by atoms with Gasteiger partial charge in [0.2, 0.25) is 0 Å². The van der Waals surface area contributed by atoms with Crippen LogP contribution in [0.2, 0.25) is 0 Å². The number of alkyl halides is 1. The quantitative estimate of drug-likeness (QED) is 0.807. The van der Waals surface area contributed by atoms with E-state index in [1.807, 2.05) is 0 Å². The third kappa shape index (κ3) is 2.26. The van der Waals surface area contributed by atoms with E-state index in [2.05, 4.69) is 5.10 Å². The van der Waals surface area contributed by atoms with Gasteiger partial charge in [-0.2, -0.15) is 5.10 Å². The van der Waals surface area contributed by atoms with Crippen LogP contribution in [0.1, 0.15) is 12.0 Å². The van der Waals surface area contributed by atoms with Gasteiger partial charge in [0.05, 0.1) is 19.3 Å². The molecule has 2 saturated heterocycles. The van der Waals surface area contributed by atoms with Crippen molar-refractivity contribution in [3.05, 3.63) is 47.9 Å². The van der Waals surface area contributed by atoms with E-state index in [0.717, 1.165) is 10.5 Å². The summed E-state index contributed by atoms with van der Waals surface area (Å²) >= 11 is 0. The third-order valence-electron chi connectivity index (χ3n) is 4.36. The normalized spacial score (nSPS) is 23.2. The van der Waals surface area contributed by atoms with Crippen LogP contribution in [-0.4, -0.2) is 45.4 Å². The Morgan fingerprint density at radius 3 is 2.62 bits per heavy atom. The van der Waals surface area contributed by atoms with Crippen molar-refractivity contribution in [2.24, 2.45) is 0 Å². The van der Waals surface area contributed by atoms with Gasteiger partial charge in [0.15, 0.2) is 0 Å². The number of imide groups is 1. The van der Waals surface area contributed by atoms with Gasteiger partial charge < -0.3 is 4.90 Å². The van der Waals surface area contributed by atoms with Crippen molar-refractivity contribution in [3.8, 4) is 0 Å². The SMILES string of the molecule is O=C1[C@@H]2C[C@H](F)CN2C(=O)N1c1ccnn1Cc1ccc(F)cc1. The molecular weight excluding hydrogens is 318 g/mol. The molecule has 4 rings (SSSR count). The number of halogens is 2. The third-order valence-corrected chi connectivity index (χ3v) is 4.36. The van der Waals surface area contributed by atoms with Gasteiger partial charge in [-0.3, -0.25) is 4.79 Å². The molecule has 0 saturated carbocycles. The second-order valence-corrected chi connectivity index (χ2v) is 5.93. The van der Waals surface area contributed by atoms with Crippen molar-refractivity contribution in [1.29, 1.82) is 0 Å². The van der Waals surface area contributed by atoms with E-state index < -0.39 is 24.2 Å². The van der Waals surface area contributed by atoms with Crippen LogP contribution < -0.4 is 4.90 Å². The highest BCUT2D eigenvalue weighted by atomic mass is 19.1. The number of rotatable bonds is 3. The molecule has 6 nitrogen and oxygen atoms in total. The number of hydrogen-bond acceptors (Lipinski definition) is 3. The number of benzene rings is 1. The first-order valence-corrected chi connectivity index (χ1v) is 7.59. The summed E-state index contributed by atoms with van der Waals surface area (Å²) < 4.78 is 27.9. The van der Waals surface area contributed by atoms with Crippen LogP contribution in [0.4, 0.5) is 19.4 Å². The number of anilines is 1. The molecule has 124 valence electrons. The molecule has 0 N–H and O–H groups in total. The molecular formula is C16H14F2N4O2. The predicted molar refractivity (Wildman–Crippen MR) is 80.6 cm³/mol. The summed E-state index contributed by atoms with van der Waals surface area (Å²) in [5.74, 6) is -0.439. The first kappa shape index (κ1) is 14.8. The second-order valence-electron chi connectivity index (χ2n) is 5.93. The molecule has 0 bridgehead atoms. The Kier molecular flexibility index (Phi) is 3.33. The molecule has 0 unspecified atom stereocenters. The number of hydrogen-bond donors (Lipinski definition) is 0. The molecule has 3 heterocycles. The van der Waals surface area contributed by atoms with Gasteiger partial charge in [0.1, 0.15) is 23.8 Å². The van der Waals surface area contributed by atoms with Crippen LogP contribution in [0.3, 0.4) is 0 Å². The van der Waals surface area contributed by atoms with Crippen molar-refractivity contribution < 1.29 is 18.4 Å². The molecule has 24 heavy (non-hydrogen) atoms. The van der Waals surface area contributed by atoms with Crippen LogP contribution in [0.5, 0.6) is 0 Å². The van der Waals surface area contributed by atoms with E-state index in [-0.39, 0.29) is 25.3 Å². The number of amides is 3. The monoisotopic (exact) mass is 332 g/mol. The minimum atomic E-state index is -1.16. The first-order valence-electron chi connectivity index (χ1n) is 7.59. The van der Waals surface area contributed by atoms with E-state index in [1.54, 1.807) is 18.2 Å². The highest BCUT2D eigenvalue weighted by Crippen LogP contribution is 2.32. The molecule has 0 spiro atoms. The van der Waals surface area contributed by atoms with Crippen molar-refractivity contribution in [2.75, 3.05) is 11.4 Å². The number of fused-ring (bicyclic) bond motifs is 1. The molecule has 3 amide bonds. The van der Waals surface area contributed by atoms with Crippen molar-refractivity contribution in [1.82, 2.24) is 14.7 Å². The fraction of sp³-hybridized carbons (Fsp3) is 0.312. The molecule has 2 aliphatic rings. The zero-order valence-corrected chi connectivity index (χ0v) is 12.6. The maximum Gasteiger partial charge on any atom is 0.333 e. The minimum absolute atomic E-state index is 0.0349. The van der Waals surface area contributed by atoms with Crippen LogP contribution in [0, 0.1) is 5.82 Å². The minimum Gasteiger partial charge on any atom is -0.309 e. The fourth-order valence-electron chi connectivity index (χ4n) is 3.21. The van der Waals surface area contributed by atoms with Crippen LogP contribution in [0.15, 0.2) is 36.5 Å². The summed E-state index contributed by atoms with van der Waals surface area (Å²) in [4.78, 5) is 27.3. The Balaban J connectivity index is 1.62. The molecule has 0 radical (unpaired) electrons. The molecule has 2 aliphatic heterocycles. The number of carbonyl (C=O) groups excluding carboxylic acids is 2. The van der Waals surface area contributed by atoms with Crippen molar-refractivity contribution >= 4 is 17.8 Å². The van der Waals surface area contributed by atoms with Crippen molar-refractivity contribution in [2.45, 2.75) is 25.2 Å². The number of urea groups is 1. The summed E-state index contributed by atoms with van der Waals surface area (Å²) in [5, 5.41) is 4.14. The van der Waals surface area contributed by atoms with E-state index in [4.69, 9.17) is 0 Å². The lowest BCUT2D eigenvalue weighted by Crippen LogP contribution is -2.36. The average molecular weight is 332 g/mol. The van der Waals surface area contributed by atoms with Gasteiger partial charge in [-0.1, -0.05) is 12.1 Å². The Morgan fingerprint density at radius 1 is 1.17 bits per heavy atom. The molecule has 2 aromatic rings. The summed E-state index contributed by atoms with van der Waals surface area (Å²) in [5.41, 5.74) is 0.782. The molecule has 0 aliphatic carbocycles. The molecule has 2 fully saturated rings. The van der Waals surface area contributed by atoms with Gasteiger partial charge in [-0.25, -0.2) is 23.2 Å². The molecule has 1 aromatic heterocycles. The molecule has 1 aromatic carbocycles. The van der Waals surface area contributed by atoms with Gasteiger partial charge in [0.25, 0.3) is 5.91 Å². The van der Waals surface area contributed by atoms with E-state index in [1.165, 1.54) is 27.9 Å².